The highest BCUT2D eigenvalue weighted by Gasteiger charge is 2.32. The molecule has 23 heavy (non-hydrogen) atoms. The lowest BCUT2D eigenvalue weighted by Gasteiger charge is -2.27. The zero-order chi connectivity index (χ0) is 16.6. The highest BCUT2D eigenvalue weighted by molar-refractivity contribution is 7.89. The first-order valence-corrected chi connectivity index (χ1v) is 8.62. The summed E-state index contributed by atoms with van der Waals surface area (Å²) < 4.78 is 26.8. The number of nitrogens with one attached hydrogen (secondary N) is 3. The average Bonchev–Trinajstić information content (AvgIpc) is 2.51. The summed E-state index contributed by atoms with van der Waals surface area (Å²) in [6.07, 6.45) is -1.06. The van der Waals surface area contributed by atoms with E-state index in [1.807, 2.05) is 26.0 Å². The molecule has 1 amide bonds. The minimum atomic E-state index is -3.72. The number of benzene rings is 2. The first-order valence-electron chi connectivity index (χ1n) is 7.13. The standard InChI is InChI=1S/C16H17N3O3S/c1-10-6-5-8-12(11(10)2)18-16(20)15-17-13-7-3-4-9-14(13)23(21,22)19-15/h3-9,15,17,19H,1-2H3,(H,18,20)/t15-/m1/s1. The number of anilines is 2. The van der Waals surface area contributed by atoms with E-state index in [9.17, 15) is 13.2 Å². The number of fused-ring (bicyclic) bond motifs is 1. The molecule has 0 bridgehead atoms. The van der Waals surface area contributed by atoms with Crippen LogP contribution in [0.1, 0.15) is 11.1 Å². The molecule has 1 aliphatic heterocycles. The maximum Gasteiger partial charge on any atom is 0.262 e. The van der Waals surface area contributed by atoms with Gasteiger partial charge in [-0.3, -0.25) is 4.79 Å². The lowest BCUT2D eigenvalue weighted by Crippen LogP contribution is -2.51. The van der Waals surface area contributed by atoms with E-state index in [4.69, 9.17) is 0 Å². The monoisotopic (exact) mass is 331 g/mol. The Labute approximate surface area is 135 Å². The Hall–Kier alpha value is -2.38. The number of hydrogen-bond acceptors (Lipinski definition) is 4. The van der Waals surface area contributed by atoms with Gasteiger partial charge in [-0.25, -0.2) is 8.42 Å². The van der Waals surface area contributed by atoms with Crippen LogP contribution in [0.2, 0.25) is 0 Å². The van der Waals surface area contributed by atoms with Gasteiger partial charge in [-0.1, -0.05) is 24.3 Å². The van der Waals surface area contributed by atoms with Gasteiger partial charge in [-0.15, -0.1) is 0 Å². The van der Waals surface area contributed by atoms with E-state index in [-0.39, 0.29) is 4.90 Å². The number of aryl methyl sites for hydroxylation is 1. The highest BCUT2D eigenvalue weighted by Crippen LogP contribution is 2.26. The number of hydrogen-bond donors (Lipinski definition) is 3. The molecule has 0 saturated carbocycles. The van der Waals surface area contributed by atoms with Gasteiger partial charge in [-0.2, -0.15) is 4.72 Å². The normalized spacial score (nSPS) is 18.6. The van der Waals surface area contributed by atoms with Gasteiger partial charge in [0.1, 0.15) is 4.90 Å². The van der Waals surface area contributed by atoms with Crippen molar-refractivity contribution < 1.29 is 13.2 Å². The highest BCUT2D eigenvalue weighted by atomic mass is 32.2. The summed E-state index contributed by atoms with van der Waals surface area (Å²) in [5.74, 6) is -0.461. The summed E-state index contributed by atoms with van der Waals surface area (Å²) in [6, 6.07) is 12.0. The average molecular weight is 331 g/mol. The van der Waals surface area contributed by atoms with Crippen molar-refractivity contribution >= 4 is 27.3 Å². The van der Waals surface area contributed by atoms with Crippen LogP contribution in [0.15, 0.2) is 47.4 Å². The van der Waals surface area contributed by atoms with Gasteiger partial charge in [0, 0.05) is 5.69 Å². The van der Waals surface area contributed by atoms with Crippen molar-refractivity contribution in [2.24, 2.45) is 0 Å². The molecule has 1 atom stereocenters. The molecule has 0 radical (unpaired) electrons. The third kappa shape index (κ3) is 2.93. The van der Waals surface area contributed by atoms with Crippen LogP contribution in [0.25, 0.3) is 0 Å². The number of carbonyl (C=O) groups excluding carboxylic acids is 1. The lowest BCUT2D eigenvalue weighted by atomic mass is 10.1. The second-order valence-electron chi connectivity index (χ2n) is 5.43. The molecule has 120 valence electrons. The summed E-state index contributed by atoms with van der Waals surface area (Å²) in [5.41, 5.74) is 3.06. The van der Waals surface area contributed by atoms with Crippen molar-refractivity contribution in [1.82, 2.24) is 4.72 Å². The van der Waals surface area contributed by atoms with Gasteiger partial charge in [0.25, 0.3) is 5.91 Å². The molecule has 1 heterocycles. The SMILES string of the molecule is Cc1cccc(NC(=O)[C@@H]2Nc3ccccc3S(=O)(=O)N2)c1C. The van der Waals surface area contributed by atoms with Crippen LogP contribution in [0.4, 0.5) is 11.4 Å². The first kappa shape index (κ1) is 15.5. The van der Waals surface area contributed by atoms with Crippen LogP contribution in [-0.2, 0) is 14.8 Å². The first-order chi connectivity index (χ1) is 10.9. The molecular weight excluding hydrogens is 314 g/mol. The van der Waals surface area contributed by atoms with E-state index in [0.717, 1.165) is 11.1 Å². The van der Waals surface area contributed by atoms with Crippen LogP contribution >= 0.6 is 0 Å². The predicted octanol–water partition coefficient (Wildman–Crippen LogP) is 1.97. The lowest BCUT2D eigenvalue weighted by molar-refractivity contribution is -0.117. The summed E-state index contributed by atoms with van der Waals surface area (Å²) in [4.78, 5) is 12.6. The summed E-state index contributed by atoms with van der Waals surface area (Å²) >= 11 is 0. The van der Waals surface area contributed by atoms with Crippen LogP contribution in [-0.4, -0.2) is 20.5 Å². The summed E-state index contributed by atoms with van der Waals surface area (Å²) in [6.45, 7) is 3.85. The molecule has 0 fully saturated rings. The van der Waals surface area contributed by atoms with E-state index < -0.39 is 22.1 Å². The molecule has 6 nitrogen and oxygen atoms in total. The fourth-order valence-electron chi connectivity index (χ4n) is 2.43. The van der Waals surface area contributed by atoms with Gasteiger partial charge < -0.3 is 10.6 Å². The molecule has 0 saturated heterocycles. The van der Waals surface area contributed by atoms with E-state index in [0.29, 0.717) is 11.4 Å². The van der Waals surface area contributed by atoms with Crippen LogP contribution in [0, 0.1) is 13.8 Å². The Morgan fingerprint density at radius 3 is 2.61 bits per heavy atom. The van der Waals surface area contributed by atoms with Gasteiger partial charge in [0.2, 0.25) is 10.0 Å². The topological polar surface area (TPSA) is 87.3 Å². The number of sulfonamides is 1. The Morgan fingerprint density at radius 1 is 1.09 bits per heavy atom. The fraction of sp³-hybridized carbons (Fsp3) is 0.188. The van der Waals surface area contributed by atoms with Crippen molar-refractivity contribution in [2.45, 2.75) is 24.9 Å². The maximum absolute atomic E-state index is 12.4. The molecule has 0 unspecified atom stereocenters. The van der Waals surface area contributed by atoms with E-state index >= 15 is 0 Å². The molecule has 7 heteroatoms. The maximum atomic E-state index is 12.4. The molecule has 3 N–H and O–H groups in total. The molecule has 0 aliphatic carbocycles. The molecule has 0 spiro atoms. The third-order valence-corrected chi connectivity index (χ3v) is 5.36. The Morgan fingerprint density at radius 2 is 1.83 bits per heavy atom. The van der Waals surface area contributed by atoms with Crippen molar-refractivity contribution in [1.29, 1.82) is 0 Å². The second-order valence-corrected chi connectivity index (χ2v) is 7.11. The van der Waals surface area contributed by atoms with Gasteiger partial charge in [0.05, 0.1) is 5.69 Å². The van der Waals surface area contributed by atoms with Crippen LogP contribution < -0.4 is 15.4 Å². The quantitative estimate of drug-likeness (QED) is 0.785. The third-order valence-electron chi connectivity index (χ3n) is 3.87. The summed E-state index contributed by atoms with van der Waals surface area (Å²) in [7, 11) is -3.72. The largest absolute Gasteiger partial charge is 0.360 e. The molecule has 2 aromatic carbocycles. The van der Waals surface area contributed by atoms with Crippen molar-refractivity contribution in [3.05, 3.63) is 53.6 Å². The molecule has 1 aliphatic rings. The zero-order valence-electron chi connectivity index (χ0n) is 12.8. The van der Waals surface area contributed by atoms with E-state index in [1.165, 1.54) is 6.07 Å². The molecule has 3 rings (SSSR count). The smallest absolute Gasteiger partial charge is 0.262 e. The number of rotatable bonds is 2. The fourth-order valence-corrected chi connectivity index (χ4v) is 3.71. The number of para-hydroxylation sites is 1. The molecule has 0 aromatic heterocycles. The van der Waals surface area contributed by atoms with Gasteiger partial charge >= 0.3 is 0 Å². The second kappa shape index (κ2) is 5.68. The van der Waals surface area contributed by atoms with Crippen molar-refractivity contribution in [3.63, 3.8) is 0 Å². The number of carbonyl (C=O) groups is 1. The summed E-state index contributed by atoms with van der Waals surface area (Å²) in [5, 5.41) is 5.67. The minimum absolute atomic E-state index is 0.135. The number of amides is 1. The van der Waals surface area contributed by atoms with Crippen molar-refractivity contribution in [2.75, 3.05) is 10.6 Å². The Balaban J connectivity index is 1.86. The zero-order valence-corrected chi connectivity index (χ0v) is 13.6. The molecule has 2 aromatic rings. The Kier molecular flexibility index (Phi) is 3.83. The van der Waals surface area contributed by atoms with E-state index in [2.05, 4.69) is 15.4 Å². The van der Waals surface area contributed by atoms with Gasteiger partial charge in [-0.05, 0) is 43.2 Å². The van der Waals surface area contributed by atoms with Crippen LogP contribution in [0.3, 0.4) is 0 Å². The van der Waals surface area contributed by atoms with Gasteiger partial charge in [0.15, 0.2) is 6.17 Å². The Bertz CT molecular complexity index is 878. The minimum Gasteiger partial charge on any atom is -0.360 e. The van der Waals surface area contributed by atoms with Crippen molar-refractivity contribution in [3.8, 4) is 0 Å². The predicted molar refractivity (Wildman–Crippen MR) is 88.7 cm³/mol. The van der Waals surface area contributed by atoms with Crippen LogP contribution in [0.5, 0.6) is 0 Å². The van der Waals surface area contributed by atoms with E-state index in [1.54, 1.807) is 24.3 Å². The molecular formula is C16H17N3O3S.